The molecule has 1 N–H and O–H groups in total. The number of nitrogens with zero attached hydrogens (tertiary/aromatic N) is 1. The summed E-state index contributed by atoms with van der Waals surface area (Å²) in [6.45, 7) is 0.631. The number of carbonyl (C=O) groups excluding carboxylic acids is 1. The number of amides is 1. The van der Waals surface area contributed by atoms with Gasteiger partial charge < -0.3 is 10.0 Å². The van der Waals surface area contributed by atoms with Crippen LogP contribution in [0.1, 0.15) is 32.1 Å². The number of carbonyl (C=O) groups is 2. The van der Waals surface area contributed by atoms with E-state index in [1.165, 1.54) is 6.42 Å². The fraction of sp³-hybridized carbons (Fsp3) is 0.800. The van der Waals surface area contributed by atoms with Gasteiger partial charge in [0.1, 0.15) is 0 Å². The first-order chi connectivity index (χ1) is 6.70. The number of hydrogen-bond donors (Lipinski definition) is 1. The smallest absolute Gasteiger partial charge is 0.394 e. The lowest BCUT2D eigenvalue weighted by atomic mass is 9.79. The summed E-state index contributed by atoms with van der Waals surface area (Å²) in [7, 11) is 0. The summed E-state index contributed by atoms with van der Waals surface area (Å²) in [5.41, 5.74) is 0. The van der Waals surface area contributed by atoms with Crippen LogP contribution < -0.4 is 0 Å². The minimum Gasteiger partial charge on any atom is -0.474 e. The Bertz CT molecular complexity index is 260. The molecule has 0 bridgehead atoms. The van der Waals surface area contributed by atoms with Crippen LogP contribution >= 0.6 is 0 Å². The molecule has 1 saturated heterocycles. The van der Waals surface area contributed by atoms with Crippen LogP contribution in [0.25, 0.3) is 0 Å². The molecule has 1 amide bonds. The summed E-state index contributed by atoms with van der Waals surface area (Å²) in [6, 6.07) is 0.215. The molecular weight excluding hydrogens is 182 g/mol. The molecular formula is C10H15NO3. The average molecular weight is 197 g/mol. The third-order valence-electron chi connectivity index (χ3n) is 3.44. The molecule has 1 aliphatic carbocycles. The number of carboxylic acids is 1. The van der Waals surface area contributed by atoms with E-state index in [9.17, 15) is 9.59 Å². The Morgan fingerprint density at radius 3 is 2.36 bits per heavy atom. The molecule has 0 aromatic heterocycles. The van der Waals surface area contributed by atoms with Crippen LogP contribution in [0.2, 0.25) is 0 Å². The first-order valence-corrected chi connectivity index (χ1v) is 5.24. The fourth-order valence-corrected chi connectivity index (χ4v) is 2.48. The first kappa shape index (κ1) is 9.49. The van der Waals surface area contributed by atoms with Crippen LogP contribution in [0.4, 0.5) is 0 Å². The minimum absolute atomic E-state index is 0.215. The highest BCUT2D eigenvalue weighted by Crippen LogP contribution is 2.37. The molecule has 0 radical (unpaired) electrons. The molecule has 14 heavy (non-hydrogen) atoms. The molecule has 0 spiro atoms. The topological polar surface area (TPSA) is 57.6 Å². The van der Waals surface area contributed by atoms with E-state index in [2.05, 4.69) is 0 Å². The van der Waals surface area contributed by atoms with Crippen LogP contribution in [0.5, 0.6) is 0 Å². The van der Waals surface area contributed by atoms with Crippen molar-refractivity contribution in [3.05, 3.63) is 0 Å². The van der Waals surface area contributed by atoms with E-state index in [1.54, 1.807) is 4.90 Å². The van der Waals surface area contributed by atoms with Crippen molar-refractivity contribution < 1.29 is 14.7 Å². The van der Waals surface area contributed by atoms with Crippen LogP contribution in [-0.2, 0) is 9.59 Å². The van der Waals surface area contributed by atoms with Crippen molar-refractivity contribution in [3.63, 3.8) is 0 Å². The van der Waals surface area contributed by atoms with Crippen LogP contribution in [0, 0.1) is 5.92 Å². The van der Waals surface area contributed by atoms with Gasteiger partial charge in [0, 0.05) is 12.6 Å². The predicted octanol–water partition coefficient (Wildman–Crippen LogP) is 0.862. The first-order valence-electron chi connectivity index (χ1n) is 5.24. The number of carboxylic acid groups (broad SMARTS) is 1. The summed E-state index contributed by atoms with van der Waals surface area (Å²) in [4.78, 5) is 23.5. The van der Waals surface area contributed by atoms with E-state index in [0.717, 1.165) is 25.7 Å². The monoisotopic (exact) mass is 197 g/mol. The van der Waals surface area contributed by atoms with E-state index in [0.29, 0.717) is 12.5 Å². The molecule has 0 aromatic rings. The highest BCUT2D eigenvalue weighted by molar-refractivity contribution is 6.31. The van der Waals surface area contributed by atoms with E-state index in [4.69, 9.17) is 5.11 Å². The SMILES string of the molecule is O=C(O)C(=O)N1CCC[C@H]1C1CCC1. The van der Waals surface area contributed by atoms with Crippen LogP contribution in [-0.4, -0.2) is 34.5 Å². The second-order valence-corrected chi connectivity index (χ2v) is 4.20. The summed E-state index contributed by atoms with van der Waals surface area (Å²) < 4.78 is 0. The molecule has 2 rings (SSSR count). The van der Waals surface area contributed by atoms with E-state index >= 15 is 0 Å². The molecule has 2 aliphatic rings. The maximum absolute atomic E-state index is 11.3. The summed E-state index contributed by atoms with van der Waals surface area (Å²) in [6.07, 6.45) is 5.50. The van der Waals surface area contributed by atoms with Gasteiger partial charge in [0.2, 0.25) is 0 Å². The van der Waals surface area contributed by atoms with Crippen molar-refractivity contribution in [2.24, 2.45) is 5.92 Å². The van der Waals surface area contributed by atoms with Gasteiger partial charge in [0.15, 0.2) is 0 Å². The van der Waals surface area contributed by atoms with Crippen molar-refractivity contribution >= 4 is 11.9 Å². The molecule has 0 aromatic carbocycles. The molecule has 4 heteroatoms. The highest BCUT2D eigenvalue weighted by atomic mass is 16.4. The third-order valence-corrected chi connectivity index (χ3v) is 3.44. The fourth-order valence-electron chi connectivity index (χ4n) is 2.48. The molecule has 0 unspecified atom stereocenters. The van der Waals surface area contributed by atoms with Gasteiger partial charge in [-0.2, -0.15) is 0 Å². The van der Waals surface area contributed by atoms with Gasteiger partial charge in [-0.15, -0.1) is 0 Å². The van der Waals surface area contributed by atoms with Gasteiger partial charge >= 0.3 is 11.9 Å². The van der Waals surface area contributed by atoms with Crippen molar-refractivity contribution in [1.82, 2.24) is 4.90 Å². The van der Waals surface area contributed by atoms with Crippen LogP contribution in [0.15, 0.2) is 0 Å². The van der Waals surface area contributed by atoms with Gasteiger partial charge in [-0.25, -0.2) is 4.79 Å². The van der Waals surface area contributed by atoms with Crippen molar-refractivity contribution in [2.45, 2.75) is 38.1 Å². The van der Waals surface area contributed by atoms with Crippen LogP contribution in [0.3, 0.4) is 0 Å². The Kier molecular flexibility index (Phi) is 2.44. The number of aliphatic carboxylic acids is 1. The Morgan fingerprint density at radius 2 is 1.86 bits per heavy atom. The average Bonchev–Trinajstić information content (AvgIpc) is 2.48. The molecule has 2 fully saturated rings. The lowest BCUT2D eigenvalue weighted by Gasteiger charge is -2.36. The molecule has 1 heterocycles. The van der Waals surface area contributed by atoms with E-state index in [-0.39, 0.29) is 6.04 Å². The van der Waals surface area contributed by atoms with Gasteiger partial charge in [-0.05, 0) is 31.6 Å². The quantitative estimate of drug-likeness (QED) is 0.634. The lowest BCUT2D eigenvalue weighted by molar-refractivity contribution is -0.157. The highest BCUT2D eigenvalue weighted by Gasteiger charge is 2.39. The standard InChI is InChI=1S/C10H15NO3/c12-9(10(13)14)11-6-2-5-8(11)7-3-1-4-7/h7-8H,1-6H2,(H,13,14)/t8-/m0/s1. The number of rotatable bonds is 1. The predicted molar refractivity (Wildman–Crippen MR) is 49.7 cm³/mol. The zero-order chi connectivity index (χ0) is 10.1. The Hall–Kier alpha value is -1.06. The second kappa shape index (κ2) is 3.59. The Balaban J connectivity index is 2.02. The second-order valence-electron chi connectivity index (χ2n) is 4.20. The van der Waals surface area contributed by atoms with E-state index < -0.39 is 11.9 Å². The molecule has 4 nitrogen and oxygen atoms in total. The summed E-state index contributed by atoms with van der Waals surface area (Å²) >= 11 is 0. The molecule has 1 aliphatic heterocycles. The van der Waals surface area contributed by atoms with Crippen molar-refractivity contribution in [1.29, 1.82) is 0 Å². The van der Waals surface area contributed by atoms with Gasteiger partial charge in [0.05, 0.1) is 0 Å². The normalized spacial score (nSPS) is 27.4. The minimum atomic E-state index is -1.31. The lowest BCUT2D eigenvalue weighted by Crippen LogP contribution is -2.45. The zero-order valence-corrected chi connectivity index (χ0v) is 8.11. The van der Waals surface area contributed by atoms with E-state index in [1.807, 2.05) is 0 Å². The Morgan fingerprint density at radius 1 is 1.14 bits per heavy atom. The number of hydrogen-bond acceptors (Lipinski definition) is 2. The molecule has 1 atom stereocenters. The van der Waals surface area contributed by atoms with Gasteiger partial charge in [-0.3, -0.25) is 4.79 Å². The van der Waals surface area contributed by atoms with Gasteiger partial charge in [-0.1, -0.05) is 6.42 Å². The largest absolute Gasteiger partial charge is 0.474 e. The third kappa shape index (κ3) is 1.49. The Labute approximate surface area is 82.9 Å². The summed E-state index contributed by atoms with van der Waals surface area (Å²) in [5, 5.41) is 8.64. The van der Waals surface area contributed by atoms with Crippen molar-refractivity contribution in [3.8, 4) is 0 Å². The zero-order valence-electron chi connectivity index (χ0n) is 8.11. The van der Waals surface area contributed by atoms with Crippen molar-refractivity contribution in [2.75, 3.05) is 6.54 Å². The molecule has 78 valence electrons. The maximum atomic E-state index is 11.3. The van der Waals surface area contributed by atoms with Gasteiger partial charge in [0.25, 0.3) is 0 Å². The maximum Gasteiger partial charge on any atom is 0.394 e. The summed E-state index contributed by atoms with van der Waals surface area (Å²) in [5.74, 6) is -1.45. The molecule has 1 saturated carbocycles. The number of likely N-dealkylation sites (tertiary alicyclic amines) is 1.